The number of fused-ring (bicyclic) bond motifs is 2. The lowest BCUT2D eigenvalue weighted by Crippen LogP contribution is -2.94. The van der Waals surface area contributed by atoms with E-state index in [2.05, 4.69) is 5.32 Å². The fourth-order valence-electron chi connectivity index (χ4n) is 8.51. The van der Waals surface area contributed by atoms with Gasteiger partial charge in [-0.25, -0.2) is 0 Å². The molecular formula is C29H49N2O10+. The van der Waals surface area contributed by atoms with Crippen LogP contribution in [0.2, 0.25) is 0 Å². The highest BCUT2D eigenvalue weighted by Crippen LogP contribution is 2.49. The normalized spacial score (nSPS) is 50.7. The predicted molar refractivity (Wildman–Crippen MR) is 143 cm³/mol. The quantitative estimate of drug-likeness (QED) is 0.171. The van der Waals surface area contributed by atoms with Crippen molar-refractivity contribution in [2.24, 2.45) is 41.2 Å². The first kappa shape index (κ1) is 31.4. The van der Waals surface area contributed by atoms with Crippen LogP contribution in [-0.4, -0.2) is 112 Å². The Bertz CT molecular complexity index is 951. The molecule has 10 unspecified atom stereocenters. The molecule has 3 aliphatic carbocycles. The van der Waals surface area contributed by atoms with E-state index in [-0.39, 0.29) is 48.5 Å². The van der Waals surface area contributed by atoms with Gasteiger partial charge in [0.05, 0.1) is 43.3 Å². The molecule has 41 heavy (non-hydrogen) atoms. The van der Waals surface area contributed by atoms with Gasteiger partial charge in [0.15, 0.2) is 6.29 Å². The lowest BCUT2D eigenvalue weighted by Gasteiger charge is -2.52. The number of methoxy groups -OCH3 is 1. The molecule has 9 N–H and O–H groups in total. The third-order valence-electron chi connectivity index (χ3n) is 10.8. The van der Waals surface area contributed by atoms with Crippen LogP contribution < -0.4 is 11.1 Å². The zero-order chi connectivity index (χ0) is 29.6. The van der Waals surface area contributed by atoms with E-state index in [9.17, 15) is 35.1 Å². The third-order valence-corrected chi connectivity index (χ3v) is 10.8. The summed E-state index contributed by atoms with van der Waals surface area (Å²) in [6.45, 7) is 2.22. The van der Waals surface area contributed by atoms with Crippen LogP contribution in [0, 0.1) is 35.5 Å². The topological polar surface area (TPSA) is 206 Å². The van der Waals surface area contributed by atoms with Gasteiger partial charge in [-0.05, 0) is 50.4 Å². The highest BCUT2D eigenvalue weighted by Gasteiger charge is 2.60. The lowest BCUT2D eigenvalue weighted by molar-refractivity contribution is -0.699. The van der Waals surface area contributed by atoms with Crippen molar-refractivity contribution in [2.75, 3.05) is 20.3 Å². The minimum Gasteiger partial charge on any atom is -0.394 e. The van der Waals surface area contributed by atoms with Gasteiger partial charge >= 0.3 is 0 Å². The van der Waals surface area contributed by atoms with Crippen molar-refractivity contribution < 1.29 is 54.6 Å². The maximum atomic E-state index is 13.9. The molecule has 5 rings (SSSR count). The Kier molecular flexibility index (Phi) is 9.57. The highest BCUT2D eigenvalue weighted by molar-refractivity contribution is 6.00. The molecule has 0 bridgehead atoms. The summed E-state index contributed by atoms with van der Waals surface area (Å²) in [7, 11) is 1.53. The second kappa shape index (κ2) is 12.5. The number of hydrogen-bond acceptors (Lipinski definition) is 11. The van der Waals surface area contributed by atoms with Crippen molar-refractivity contribution in [1.82, 2.24) is 0 Å². The van der Waals surface area contributed by atoms with Crippen LogP contribution in [0.25, 0.3) is 0 Å². The predicted octanol–water partition coefficient (Wildman–Crippen LogP) is -2.20. The molecule has 15 atom stereocenters. The average Bonchev–Trinajstić information content (AvgIpc) is 2.94. The van der Waals surface area contributed by atoms with Gasteiger partial charge in [-0.3, -0.25) is 15.3 Å². The summed E-state index contributed by atoms with van der Waals surface area (Å²) >= 11 is 0. The zero-order valence-corrected chi connectivity index (χ0v) is 24.1. The number of quaternary nitrogens is 1. The molecule has 12 heteroatoms. The van der Waals surface area contributed by atoms with E-state index in [0.29, 0.717) is 25.7 Å². The maximum Gasteiger partial charge on any atom is 0.187 e. The number of carbonyl (C=O) groups is 2. The summed E-state index contributed by atoms with van der Waals surface area (Å²) in [5, 5.41) is 56.8. The van der Waals surface area contributed by atoms with Gasteiger partial charge in [-0.1, -0.05) is 6.92 Å². The Balaban J connectivity index is 1.33. The number of hydrogen-bond donors (Lipinski definition) is 7. The molecule has 0 aromatic rings. The van der Waals surface area contributed by atoms with Crippen LogP contribution >= 0.6 is 0 Å². The second-order valence-electron chi connectivity index (χ2n) is 13.4. The van der Waals surface area contributed by atoms with Gasteiger partial charge < -0.3 is 45.1 Å². The number of piperidine rings is 1. The summed E-state index contributed by atoms with van der Waals surface area (Å²) in [6.07, 6.45) is -4.36. The Labute approximate surface area is 240 Å². The molecule has 5 aliphatic rings. The molecule has 0 aromatic heterocycles. The fourth-order valence-corrected chi connectivity index (χ4v) is 8.51. The van der Waals surface area contributed by atoms with Crippen LogP contribution in [0.1, 0.15) is 58.3 Å². The number of aliphatic hydroxyl groups is 5. The average molecular weight is 586 g/mol. The minimum absolute atomic E-state index is 0.0223. The highest BCUT2D eigenvalue weighted by atomic mass is 16.7. The van der Waals surface area contributed by atoms with Gasteiger partial charge in [0.1, 0.15) is 41.6 Å². The van der Waals surface area contributed by atoms with E-state index < -0.39 is 72.7 Å². The Hall–Kier alpha value is -1.06. The summed E-state index contributed by atoms with van der Waals surface area (Å²) in [4.78, 5) is 27.5. The molecule has 2 heterocycles. The van der Waals surface area contributed by atoms with Crippen LogP contribution in [-0.2, 0) is 23.8 Å². The van der Waals surface area contributed by atoms with E-state index in [1.807, 2.05) is 6.92 Å². The Morgan fingerprint density at radius 3 is 2.46 bits per heavy atom. The fraction of sp³-hybridized carbons (Fsp3) is 0.931. The smallest absolute Gasteiger partial charge is 0.187 e. The van der Waals surface area contributed by atoms with Gasteiger partial charge in [-0.2, -0.15) is 0 Å². The number of aliphatic hydroxyl groups excluding tert-OH is 4. The standard InChI is InChI=1S/C29H48N2O10/c1-13-7-16-22(18(33)8-13)25(35)23-17(24(16)34)10-15(39-2)11-19(23)40-28-26(36)27(37)29(38,20(12-32)41-28)5-3-14-4-6-31-21(30)9-14/h13-23,26-28,31-33,36-38H,3-12,30H2,1-2H3/p+1/t13?,14?,15?,16?,17?,18?,19?,20-,21?,22?,23?,26-,27-,28+,29-/m1/s1. The van der Waals surface area contributed by atoms with Crippen molar-refractivity contribution in [3.63, 3.8) is 0 Å². The van der Waals surface area contributed by atoms with Crippen molar-refractivity contribution in [1.29, 1.82) is 0 Å². The van der Waals surface area contributed by atoms with Gasteiger partial charge in [0.25, 0.3) is 0 Å². The van der Waals surface area contributed by atoms with Gasteiger partial charge in [0.2, 0.25) is 0 Å². The molecule has 2 aliphatic heterocycles. The van der Waals surface area contributed by atoms with Crippen molar-refractivity contribution in [3.05, 3.63) is 0 Å². The molecule has 0 aromatic carbocycles. The summed E-state index contributed by atoms with van der Waals surface area (Å²) in [5.74, 6) is -2.76. The van der Waals surface area contributed by atoms with Crippen molar-refractivity contribution in [3.8, 4) is 0 Å². The number of carbonyl (C=O) groups excluding carboxylic acids is 2. The zero-order valence-electron chi connectivity index (χ0n) is 24.1. The van der Waals surface area contributed by atoms with Crippen molar-refractivity contribution >= 4 is 11.6 Å². The number of ether oxygens (including phenoxy) is 3. The molecule has 3 saturated carbocycles. The number of Topliss-reactive ketones (excluding diaryl/α,β-unsaturated/α-hetero) is 2. The first-order chi connectivity index (χ1) is 19.5. The van der Waals surface area contributed by atoms with Crippen LogP contribution in [0.4, 0.5) is 0 Å². The molecular weight excluding hydrogens is 536 g/mol. The van der Waals surface area contributed by atoms with E-state index in [1.165, 1.54) is 7.11 Å². The number of rotatable bonds is 7. The monoisotopic (exact) mass is 585 g/mol. The van der Waals surface area contributed by atoms with Crippen molar-refractivity contribution in [2.45, 2.75) is 113 Å². The molecule has 5 fully saturated rings. The minimum atomic E-state index is -1.92. The Morgan fingerprint density at radius 2 is 1.78 bits per heavy atom. The third kappa shape index (κ3) is 5.90. The van der Waals surface area contributed by atoms with Gasteiger partial charge in [-0.15, -0.1) is 0 Å². The number of nitrogens with two attached hydrogens (primary N) is 2. The van der Waals surface area contributed by atoms with Crippen LogP contribution in [0.5, 0.6) is 0 Å². The van der Waals surface area contributed by atoms with Crippen LogP contribution in [0.15, 0.2) is 0 Å². The molecule has 0 spiro atoms. The first-order valence-corrected chi connectivity index (χ1v) is 15.4. The summed E-state index contributed by atoms with van der Waals surface area (Å²) in [6, 6.07) is 0. The molecule has 12 nitrogen and oxygen atoms in total. The number of ketones is 2. The lowest BCUT2D eigenvalue weighted by atomic mass is 9.55. The Morgan fingerprint density at radius 1 is 1.05 bits per heavy atom. The summed E-state index contributed by atoms with van der Waals surface area (Å²) < 4.78 is 17.7. The molecule has 0 amide bonds. The first-order valence-electron chi connectivity index (χ1n) is 15.4. The second-order valence-corrected chi connectivity index (χ2v) is 13.4. The van der Waals surface area contributed by atoms with E-state index >= 15 is 0 Å². The van der Waals surface area contributed by atoms with Gasteiger partial charge in [0, 0.05) is 31.8 Å². The van der Waals surface area contributed by atoms with E-state index in [4.69, 9.17) is 19.9 Å². The molecule has 0 radical (unpaired) electrons. The SMILES string of the molecule is COC1CC(O[C@H]2O[C@H](CO)[C@](O)(CCC3CC[NH2+]C(N)C3)[C@H](O)[C@H]2O)C2C(=O)C3C(O)CC(C)CC3C(=O)C2C1. The van der Waals surface area contributed by atoms with E-state index in [0.717, 1.165) is 19.4 Å². The molecule has 234 valence electrons. The van der Waals surface area contributed by atoms with Crippen LogP contribution in [0.3, 0.4) is 0 Å². The maximum absolute atomic E-state index is 13.9. The summed E-state index contributed by atoms with van der Waals surface area (Å²) in [5.41, 5.74) is 4.13. The molecule has 2 saturated heterocycles. The van der Waals surface area contributed by atoms with E-state index in [1.54, 1.807) is 0 Å². The largest absolute Gasteiger partial charge is 0.394 e.